The molecular weight excluding hydrogens is 303 g/mol. The Balaban J connectivity index is 0.00000324. The highest BCUT2D eigenvalue weighted by atomic mass is 35.5. The molecule has 1 aromatic rings. The number of aromatic nitrogens is 1. The van der Waals surface area contributed by atoms with Crippen molar-refractivity contribution in [2.24, 2.45) is 0 Å². The number of unbranched alkanes of at least 4 members (excludes halogenated alkanes) is 3. The number of nitrogens with one attached hydrogen (secondary N) is 1. The van der Waals surface area contributed by atoms with Crippen molar-refractivity contribution in [3.8, 4) is 5.88 Å². The van der Waals surface area contributed by atoms with Gasteiger partial charge in [-0.3, -0.25) is 0 Å². The number of halogens is 2. The summed E-state index contributed by atoms with van der Waals surface area (Å²) in [5, 5.41) is 3.96. The first-order chi connectivity index (χ1) is 8.83. The zero-order valence-electron chi connectivity index (χ0n) is 11.0. The number of thiol groups is 1. The van der Waals surface area contributed by atoms with Crippen LogP contribution in [0, 0.1) is 0 Å². The van der Waals surface area contributed by atoms with Crippen molar-refractivity contribution in [1.82, 2.24) is 10.3 Å². The van der Waals surface area contributed by atoms with Crippen LogP contribution in [-0.2, 0) is 0 Å². The zero-order valence-corrected chi connectivity index (χ0v) is 13.4. The minimum atomic E-state index is 0. The third kappa shape index (κ3) is 10.3. The predicted octanol–water partition coefficient (Wildman–Crippen LogP) is 3.62. The summed E-state index contributed by atoms with van der Waals surface area (Å²) in [6, 6.07) is 3.58. The maximum absolute atomic E-state index is 5.74. The van der Waals surface area contributed by atoms with Crippen molar-refractivity contribution in [3.63, 3.8) is 0 Å². The van der Waals surface area contributed by atoms with Crippen LogP contribution in [0.2, 0.25) is 5.02 Å². The molecular formula is C13H22Cl2N2OS. The van der Waals surface area contributed by atoms with Gasteiger partial charge in [-0.2, -0.15) is 12.6 Å². The van der Waals surface area contributed by atoms with E-state index in [4.69, 9.17) is 16.3 Å². The van der Waals surface area contributed by atoms with Gasteiger partial charge in [0.05, 0.1) is 11.6 Å². The van der Waals surface area contributed by atoms with Gasteiger partial charge in [0, 0.05) is 24.6 Å². The van der Waals surface area contributed by atoms with Crippen LogP contribution in [-0.4, -0.2) is 30.4 Å². The lowest BCUT2D eigenvalue weighted by Crippen LogP contribution is -2.17. The van der Waals surface area contributed by atoms with Gasteiger partial charge in [0.15, 0.2) is 0 Å². The van der Waals surface area contributed by atoms with E-state index >= 15 is 0 Å². The number of hydrogen-bond donors (Lipinski definition) is 2. The van der Waals surface area contributed by atoms with E-state index < -0.39 is 0 Å². The van der Waals surface area contributed by atoms with Crippen molar-refractivity contribution in [2.45, 2.75) is 25.7 Å². The second-order valence-corrected chi connectivity index (χ2v) is 4.93. The Labute approximate surface area is 132 Å². The molecule has 1 aromatic heterocycles. The molecule has 0 spiro atoms. The molecule has 0 aromatic carbocycles. The van der Waals surface area contributed by atoms with Crippen LogP contribution < -0.4 is 10.1 Å². The van der Waals surface area contributed by atoms with Gasteiger partial charge in [-0.1, -0.05) is 24.4 Å². The van der Waals surface area contributed by atoms with Gasteiger partial charge in [0.2, 0.25) is 5.88 Å². The minimum Gasteiger partial charge on any atom is -0.478 e. The largest absolute Gasteiger partial charge is 0.478 e. The van der Waals surface area contributed by atoms with Crippen LogP contribution in [0.3, 0.4) is 0 Å². The van der Waals surface area contributed by atoms with Gasteiger partial charge in [-0.05, 0) is 25.5 Å². The number of hydrogen-bond acceptors (Lipinski definition) is 4. The average molecular weight is 325 g/mol. The molecule has 0 saturated heterocycles. The molecule has 0 amide bonds. The molecule has 1 N–H and O–H groups in total. The predicted molar refractivity (Wildman–Crippen MR) is 87.2 cm³/mol. The quantitative estimate of drug-likeness (QED) is 0.509. The molecule has 1 rings (SSSR count). The molecule has 0 fully saturated rings. The van der Waals surface area contributed by atoms with E-state index in [1.165, 1.54) is 19.3 Å². The molecule has 0 radical (unpaired) electrons. The summed E-state index contributed by atoms with van der Waals surface area (Å²) in [6.07, 6.45) is 6.31. The molecule has 0 saturated carbocycles. The van der Waals surface area contributed by atoms with E-state index in [0.717, 1.165) is 31.9 Å². The molecule has 3 nitrogen and oxygen atoms in total. The Morgan fingerprint density at radius 2 is 1.95 bits per heavy atom. The third-order valence-corrected chi connectivity index (χ3v) is 2.93. The molecule has 0 bridgehead atoms. The van der Waals surface area contributed by atoms with E-state index in [9.17, 15) is 0 Å². The SMILES string of the molecule is Cl.SCCNCCCCCCOc1ccc(Cl)cn1. The monoisotopic (exact) mass is 324 g/mol. The van der Waals surface area contributed by atoms with Gasteiger partial charge in [0.1, 0.15) is 0 Å². The van der Waals surface area contributed by atoms with E-state index in [2.05, 4.69) is 22.9 Å². The second kappa shape index (κ2) is 12.9. The van der Waals surface area contributed by atoms with Crippen LogP contribution in [0.1, 0.15) is 25.7 Å². The molecule has 6 heteroatoms. The summed E-state index contributed by atoms with van der Waals surface area (Å²) in [5.41, 5.74) is 0. The van der Waals surface area contributed by atoms with Gasteiger partial charge in [-0.15, -0.1) is 12.4 Å². The number of rotatable bonds is 10. The van der Waals surface area contributed by atoms with Crippen LogP contribution in [0.15, 0.2) is 18.3 Å². The van der Waals surface area contributed by atoms with E-state index in [-0.39, 0.29) is 12.4 Å². The van der Waals surface area contributed by atoms with Crippen LogP contribution >= 0.6 is 36.6 Å². The molecule has 0 atom stereocenters. The third-order valence-electron chi connectivity index (χ3n) is 2.49. The topological polar surface area (TPSA) is 34.1 Å². The summed E-state index contributed by atoms with van der Waals surface area (Å²) in [6.45, 7) is 2.80. The summed E-state index contributed by atoms with van der Waals surface area (Å²) in [4.78, 5) is 4.07. The molecule has 19 heavy (non-hydrogen) atoms. The van der Waals surface area contributed by atoms with Gasteiger partial charge in [0.25, 0.3) is 0 Å². The highest BCUT2D eigenvalue weighted by Gasteiger charge is 1.95. The highest BCUT2D eigenvalue weighted by molar-refractivity contribution is 7.80. The summed E-state index contributed by atoms with van der Waals surface area (Å²) < 4.78 is 5.51. The zero-order chi connectivity index (χ0) is 13.1. The summed E-state index contributed by atoms with van der Waals surface area (Å²) >= 11 is 9.88. The van der Waals surface area contributed by atoms with E-state index in [1.807, 2.05) is 0 Å². The normalized spacial score (nSPS) is 10.0. The van der Waals surface area contributed by atoms with Crippen LogP contribution in [0.5, 0.6) is 5.88 Å². The Morgan fingerprint density at radius 1 is 1.16 bits per heavy atom. The van der Waals surface area contributed by atoms with Crippen molar-refractivity contribution in [2.75, 3.05) is 25.4 Å². The van der Waals surface area contributed by atoms with E-state index in [0.29, 0.717) is 10.9 Å². The fourth-order valence-electron chi connectivity index (χ4n) is 1.53. The maximum Gasteiger partial charge on any atom is 0.213 e. The molecule has 0 unspecified atom stereocenters. The molecule has 0 aliphatic rings. The van der Waals surface area contributed by atoms with Crippen LogP contribution in [0.4, 0.5) is 0 Å². The van der Waals surface area contributed by atoms with Crippen molar-refractivity contribution in [3.05, 3.63) is 23.4 Å². The van der Waals surface area contributed by atoms with E-state index in [1.54, 1.807) is 18.3 Å². The molecule has 0 aliphatic heterocycles. The van der Waals surface area contributed by atoms with Crippen molar-refractivity contribution < 1.29 is 4.74 Å². The number of pyridine rings is 1. The lowest BCUT2D eigenvalue weighted by atomic mass is 10.2. The summed E-state index contributed by atoms with van der Waals surface area (Å²) in [7, 11) is 0. The Hall–Kier alpha value is -0.160. The van der Waals surface area contributed by atoms with Crippen molar-refractivity contribution >= 4 is 36.6 Å². The lowest BCUT2D eigenvalue weighted by Gasteiger charge is -2.05. The molecule has 1 heterocycles. The highest BCUT2D eigenvalue weighted by Crippen LogP contribution is 2.11. The Morgan fingerprint density at radius 3 is 2.63 bits per heavy atom. The first kappa shape index (κ1) is 18.8. The second-order valence-electron chi connectivity index (χ2n) is 4.05. The van der Waals surface area contributed by atoms with Gasteiger partial charge in [-0.25, -0.2) is 4.98 Å². The standard InChI is InChI=1S/C13H21ClN2OS.ClH/c14-12-5-6-13(16-11-12)17-9-4-2-1-3-7-15-8-10-18;/h5-6,11,15,18H,1-4,7-10H2;1H. The fraction of sp³-hybridized carbons (Fsp3) is 0.615. The average Bonchev–Trinajstić information content (AvgIpc) is 2.39. The van der Waals surface area contributed by atoms with Crippen LogP contribution in [0.25, 0.3) is 0 Å². The van der Waals surface area contributed by atoms with Crippen molar-refractivity contribution in [1.29, 1.82) is 0 Å². The van der Waals surface area contributed by atoms with Gasteiger partial charge < -0.3 is 10.1 Å². The Kier molecular flexibility index (Phi) is 12.7. The maximum atomic E-state index is 5.74. The fourth-order valence-corrected chi connectivity index (χ4v) is 1.80. The summed E-state index contributed by atoms with van der Waals surface area (Å²) in [5.74, 6) is 1.55. The minimum absolute atomic E-state index is 0. The number of ether oxygens (including phenoxy) is 1. The van der Waals surface area contributed by atoms with Gasteiger partial charge >= 0.3 is 0 Å². The Bertz CT molecular complexity index is 312. The smallest absolute Gasteiger partial charge is 0.213 e. The molecule has 0 aliphatic carbocycles. The first-order valence-corrected chi connectivity index (χ1v) is 7.40. The molecule has 110 valence electrons. The first-order valence-electron chi connectivity index (χ1n) is 6.39. The number of nitrogens with zero attached hydrogens (tertiary/aromatic N) is 1. The lowest BCUT2D eigenvalue weighted by molar-refractivity contribution is 0.293.